The quantitative estimate of drug-likeness (QED) is 0.888. The molecular formula is C21H29FN2O. The number of halogens is 1. The van der Waals surface area contributed by atoms with Gasteiger partial charge >= 0.3 is 0 Å². The van der Waals surface area contributed by atoms with Crippen molar-refractivity contribution in [1.82, 2.24) is 10.2 Å². The second-order valence-corrected chi connectivity index (χ2v) is 8.13. The SMILES string of the molecule is O=C(NC1C[C@H]2CCC[C@@H](C1)N2C1CCCCC1)c1ccc(F)cc1. The molecule has 1 amide bonds. The lowest BCUT2D eigenvalue weighted by molar-refractivity contribution is -0.0211. The fourth-order valence-electron chi connectivity index (χ4n) is 5.38. The molecule has 4 rings (SSSR count). The molecule has 4 heteroatoms. The van der Waals surface area contributed by atoms with Crippen LogP contribution in [-0.4, -0.2) is 35.0 Å². The molecule has 0 spiro atoms. The number of nitrogens with one attached hydrogen (secondary N) is 1. The zero-order valence-corrected chi connectivity index (χ0v) is 14.9. The van der Waals surface area contributed by atoms with Gasteiger partial charge in [0.15, 0.2) is 0 Å². The minimum absolute atomic E-state index is 0.0609. The van der Waals surface area contributed by atoms with E-state index in [2.05, 4.69) is 10.2 Å². The predicted octanol–water partition coefficient (Wildman–Crippen LogP) is 4.27. The number of carbonyl (C=O) groups excluding carboxylic acids is 1. The molecule has 3 aliphatic rings. The van der Waals surface area contributed by atoms with E-state index in [0.717, 1.165) is 18.9 Å². The molecule has 3 atom stereocenters. The van der Waals surface area contributed by atoms with Gasteiger partial charge in [-0.15, -0.1) is 0 Å². The number of fused-ring (bicyclic) bond motifs is 2. The standard InChI is InChI=1S/C21H29FN2O/c22-16-11-9-15(10-12-16)21(25)23-17-13-19-7-4-8-20(14-17)24(19)18-5-2-1-3-6-18/h9-12,17-20H,1-8,13-14H2,(H,23,25)/t17?,19-,20+. The summed E-state index contributed by atoms with van der Waals surface area (Å²) >= 11 is 0. The number of hydrogen-bond donors (Lipinski definition) is 1. The summed E-state index contributed by atoms with van der Waals surface area (Å²) in [6, 6.07) is 8.16. The normalized spacial score (nSPS) is 30.8. The summed E-state index contributed by atoms with van der Waals surface area (Å²) in [6.07, 6.45) is 12.9. The Balaban J connectivity index is 1.40. The molecule has 0 radical (unpaired) electrons. The maximum absolute atomic E-state index is 13.0. The van der Waals surface area contributed by atoms with E-state index in [1.165, 1.54) is 63.5 Å². The largest absolute Gasteiger partial charge is 0.349 e. The number of hydrogen-bond acceptors (Lipinski definition) is 2. The van der Waals surface area contributed by atoms with Crippen molar-refractivity contribution < 1.29 is 9.18 Å². The van der Waals surface area contributed by atoms with Crippen LogP contribution < -0.4 is 5.32 Å². The van der Waals surface area contributed by atoms with Gasteiger partial charge in [-0.2, -0.15) is 0 Å². The average molecular weight is 344 g/mol. The van der Waals surface area contributed by atoms with Crippen LogP contribution in [0.4, 0.5) is 4.39 Å². The van der Waals surface area contributed by atoms with Crippen LogP contribution in [0.3, 0.4) is 0 Å². The summed E-state index contributed by atoms with van der Waals surface area (Å²) in [5.41, 5.74) is 0.557. The van der Waals surface area contributed by atoms with Crippen LogP contribution in [0.1, 0.15) is 74.6 Å². The van der Waals surface area contributed by atoms with E-state index in [9.17, 15) is 9.18 Å². The molecule has 25 heavy (non-hydrogen) atoms. The third-order valence-corrected chi connectivity index (χ3v) is 6.47. The van der Waals surface area contributed by atoms with Gasteiger partial charge in [0, 0.05) is 29.7 Å². The molecule has 2 bridgehead atoms. The van der Waals surface area contributed by atoms with Crippen LogP contribution in [0.5, 0.6) is 0 Å². The summed E-state index contributed by atoms with van der Waals surface area (Å²) < 4.78 is 13.0. The van der Waals surface area contributed by atoms with Crippen LogP contribution in [-0.2, 0) is 0 Å². The molecule has 2 saturated heterocycles. The molecule has 1 unspecified atom stereocenters. The van der Waals surface area contributed by atoms with E-state index in [4.69, 9.17) is 0 Å². The summed E-state index contributed by atoms with van der Waals surface area (Å²) in [7, 11) is 0. The molecule has 1 aromatic carbocycles. The first kappa shape index (κ1) is 17.0. The lowest BCUT2D eigenvalue weighted by Gasteiger charge is -2.53. The van der Waals surface area contributed by atoms with Crippen molar-refractivity contribution in [2.75, 3.05) is 0 Å². The molecule has 2 aliphatic heterocycles. The van der Waals surface area contributed by atoms with E-state index < -0.39 is 0 Å². The van der Waals surface area contributed by atoms with Gasteiger partial charge in [-0.25, -0.2) is 4.39 Å². The summed E-state index contributed by atoms with van der Waals surface area (Å²) in [5.74, 6) is -0.360. The average Bonchev–Trinajstić information content (AvgIpc) is 2.62. The van der Waals surface area contributed by atoms with Gasteiger partial charge in [-0.1, -0.05) is 25.7 Å². The fourth-order valence-corrected chi connectivity index (χ4v) is 5.38. The highest BCUT2D eigenvalue weighted by Crippen LogP contribution is 2.39. The summed E-state index contributed by atoms with van der Waals surface area (Å²) in [6.45, 7) is 0. The predicted molar refractivity (Wildman–Crippen MR) is 97.0 cm³/mol. The van der Waals surface area contributed by atoms with Crippen molar-refractivity contribution in [1.29, 1.82) is 0 Å². The zero-order valence-electron chi connectivity index (χ0n) is 14.9. The highest BCUT2D eigenvalue weighted by atomic mass is 19.1. The van der Waals surface area contributed by atoms with Gasteiger partial charge in [-0.3, -0.25) is 9.69 Å². The van der Waals surface area contributed by atoms with E-state index in [-0.39, 0.29) is 17.8 Å². The Kier molecular flexibility index (Phi) is 5.07. The molecule has 136 valence electrons. The van der Waals surface area contributed by atoms with Crippen LogP contribution in [0.25, 0.3) is 0 Å². The lowest BCUT2D eigenvalue weighted by Crippen LogP contribution is -2.60. The maximum atomic E-state index is 13.0. The Morgan fingerprint density at radius 1 is 0.880 bits per heavy atom. The molecule has 0 aromatic heterocycles. The summed E-state index contributed by atoms with van der Waals surface area (Å²) in [5, 5.41) is 3.22. The summed E-state index contributed by atoms with van der Waals surface area (Å²) in [4.78, 5) is 15.3. The number of benzene rings is 1. The molecule has 3 nitrogen and oxygen atoms in total. The van der Waals surface area contributed by atoms with Gasteiger partial charge in [0.25, 0.3) is 5.91 Å². The number of carbonyl (C=O) groups is 1. The van der Waals surface area contributed by atoms with Crippen molar-refractivity contribution in [3.8, 4) is 0 Å². The third kappa shape index (κ3) is 3.74. The van der Waals surface area contributed by atoms with Crippen molar-refractivity contribution in [3.63, 3.8) is 0 Å². The first-order chi connectivity index (χ1) is 12.2. The van der Waals surface area contributed by atoms with Crippen molar-refractivity contribution in [2.45, 2.75) is 88.4 Å². The Morgan fingerprint density at radius 2 is 1.48 bits per heavy atom. The second kappa shape index (κ2) is 7.45. The van der Waals surface area contributed by atoms with E-state index in [0.29, 0.717) is 17.6 Å². The molecule has 3 fully saturated rings. The van der Waals surface area contributed by atoms with Crippen molar-refractivity contribution in [3.05, 3.63) is 35.6 Å². The van der Waals surface area contributed by atoms with Crippen LogP contribution in [0.2, 0.25) is 0 Å². The van der Waals surface area contributed by atoms with Crippen molar-refractivity contribution >= 4 is 5.91 Å². The fraction of sp³-hybridized carbons (Fsp3) is 0.667. The van der Waals surface area contributed by atoms with Gasteiger partial charge in [0.1, 0.15) is 5.82 Å². The Morgan fingerprint density at radius 3 is 2.12 bits per heavy atom. The maximum Gasteiger partial charge on any atom is 0.251 e. The Labute approximate surface area is 150 Å². The Bertz CT molecular complexity index is 582. The van der Waals surface area contributed by atoms with Crippen LogP contribution in [0, 0.1) is 5.82 Å². The first-order valence-corrected chi connectivity index (χ1v) is 10.0. The van der Waals surface area contributed by atoms with Gasteiger partial charge in [-0.05, 0) is 62.8 Å². The molecule has 1 aliphatic carbocycles. The van der Waals surface area contributed by atoms with Crippen molar-refractivity contribution in [2.24, 2.45) is 0 Å². The van der Waals surface area contributed by atoms with E-state index in [1.807, 2.05) is 0 Å². The second-order valence-electron chi connectivity index (χ2n) is 8.13. The third-order valence-electron chi connectivity index (χ3n) is 6.47. The highest BCUT2D eigenvalue weighted by Gasteiger charge is 2.42. The number of rotatable bonds is 3. The molecule has 1 aromatic rings. The molecular weight excluding hydrogens is 315 g/mol. The van der Waals surface area contributed by atoms with Crippen LogP contribution >= 0.6 is 0 Å². The first-order valence-electron chi connectivity index (χ1n) is 10.0. The smallest absolute Gasteiger partial charge is 0.251 e. The number of amides is 1. The minimum Gasteiger partial charge on any atom is -0.349 e. The molecule has 1 N–H and O–H groups in total. The van der Waals surface area contributed by atoms with E-state index in [1.54, 1.807) is 12.1 Å². The molecule has 2 heterocycles. The topological polar surface area (TPSA) is 32.3 Å². The van der Waals surface area contributed by atoms with Gasteiger partial charge < -0.3 is 5.32 Å². The number of nitrogens with zero attached hydrogens (tertiary/aromatic N) is 1. The molecule has 1 saturated carbocycles. The van der Waals surface area contributed by atoms with Gasteiger partial charge in [0.2, 0.25) is 0 Å². The monoisotopic (exact) mass is 344 g/mol. The highest BCUT2D eigenvalue weighted by molar-refractivity contribution is 5.94. The number of piperidine rings is 2. The lowest BCUT2D eigenvalue weighted by atomic mass is 9.78. The zero-order chi connectivity index (χ0) is 17.2. The van der Waals surface area contributed by atoms with E-state index >= 15 is 0 Å². The Hall–Kier alpha value is -1.42. The minimum atomic E-state index is -0.299. The van der Waals surface area contributed by atoms with Gasteiger partial charge in [0.05, 0.1) is 0 Å². The van der Waals surface area contributed by atoms with Crippen LogP contribution in [0.15, 0.2) is 24.3 Å².